The third-order valence-electron chi connectivity index (χ3n) is 5.47. The molecule has 1 unspecified atom stereocenters. The average molecular weight is 371 g/mol. The van der Waals surface area contributed by atoms with Crippen molar-refractivity contribution in [2.24, 2.45) is 0 Å². The molecule has 0 radical (unpaired) electrons. The summed E-state index contributed by atoms with van der Waals surface area (Å²) in [5.41, 5.74) is 0.945. The minimum Gasteiger partial charge on any atom is -0.352 e. The molecular formula is C21H29N3O3. The highest BCUT2D eigenvalue weighted by atomic mass is 16.2. The lowest BCUT2D eigenvalue weighted by Crippen LogP contribution is -2.49. The molecule has 0 spiro atoms. The Morgan fingerprint density at radius 2 is 1.70 bits per heavy atom. The SMILES string of the molecule is O=C(CNC(=O)C1CCCN1C(=O)Cc1ccccc1)NC1CCCCC1. The molecule has 2 fully saturated rings. The van der Waals surface area contributed by atoms with Crippen molar-refractivity contribution >= 4 is 17.7 Å². The van der Waals surface area contributed by atoms with E-state index in [9.17, 15) is 14.4 Å². The lowest BCUT2D eigenvalue weighted by molar-refractivity contribution is -0.138. The molecule has 1 aromatic carbocycles. The van der Waals surface area contributed by atoms with Crippen LogP contribution in [0.4, 0.5) is 0 Å². The Hall–Kier alpha value is -2.37. The van der Waals surface area contributed by atoms with Crippen molar-refractivity contribution in [1.29, 1.82) is 0 Å². The van der Waals surface area contributed by atoms with Crippen molar-refractivity contribution in [3.63, 3.8) is 0 Å². The predicted octanol–water partition coefficient (Wildman–Crippen LogP) is 1.79. The second-order valence-corrected chi connectivity index (χ2v) is 7.53. The van der Waals surface area contributed by atoms with Gasteiger partial charge in [-0.2, -0.15) is 0 Å². The Balaban J connectivity index is 1.46. The number of nitrogens with zero attached hydrogens (tertiary/aromatic N) is 1. The fraction of sp³-hybridized carbons (Fsp3) is 0.571. The fourth-order valence-electron chi connectivity index (χ4n) is 4.02. The molecule has 3 amide bonds. The maximum atomic E-state index is 12.6. The smallest absolute Gasteiger partial charge is 0.243 e. The Morgan fingerprint density at radius 1 is 0.963 bits per heavy atom. The van der Waals surface area contributed by atoms with E-state index in [0.29, 0.717) is 19.4 Å². The van der Waals surface area contributed by atoms with E-state index in [4.69, 9.17) is 0 Å². The third kappa shape index (κ3) is 5.55. The Morgan fingerprint density at radius 3 is 2.44 bits per heavy atom. The highest BCUT2D eigenvalue weighted by molar-refractivity contribution is 5.91. The van der Waals surface area contributed by atoms with E-state index in [0.717, 1.165) is 37.7 Å². The maximum absolute atomic E-state index is 12.6. The van der Waals surface area contributed by atoms with Gasteiger partial charge in [0.05, 0.1) is 13.0 Å². The molecule has 1 heterocycles. The molecule has 1 aliphatic carbocycles. The molecular weight excluding hydrogens is 342 g/mol. The van der Waals surface area contributed by atoms with Crippen LogP contribution < -0.4 is 10.6 Å². The summed E-state index contributed by atoms with van der Waals surface area (Å²) in [6.07, 6.45) is 7.33. The molecule has 1 atom stereocenters. The van der Waals surface area contributed by atoms with Crippen molar-refractivity contribution in [2.75, 3.05) is 13.1 Å². The van der Waals surface area contributed by atoms with E-state index in [1.165, 1.54) is 6.42 Å². The monoisotopic (exact) mass is 371 g/mol. The first-order chi connectivity index (χ1) is 13.1. The van der Waals surface area contributed by atoms with E-state index in [1.54, 1.807) is 4.90 Å². The van der Waals surface area contributed by atoms with Gasteiger partial charge < -0.3 is 15.5 Å². The summed E-state index contributed by atoms with van der Waals surface area (Å²) in [7, 11) is 0. The van der Waals surface area contributed by atoms with E-state index in [-0.39, 0.29) is 30.3 Å². The molecule has 27 heavy (non-hydrogen) atoms. The van der Waals surface area contributed by atoms with Crippen LogP contribution in [0, 0.1) is 0 Å². The molecule has 146 valence electrons. The standard InChI is InChI=1S/C21H29N3O3/c25-19(23-17-10-5-2-6-11-17)15-22-21(27)18-12-7-13-24(18)20(26)14-16-8-3-1-4-9-16/h1,3-4,8-9,17-18H,2,5-7,10-15H2,(H,22,27)(H,23,25). The van der Waals surface area contributed by atoms with Crippen LogP contribution in [0.5, 0.6) is 0 Å². The van der Waals surface area contributed by atoms with Crippen LogP contribution in [0.3, 0.4) is 0 Å². The molecule has 1 aromatic rings. The summed E-state index contributed by atoms with van der Waals surface area (Å²) in [6.45, 7) is 0.574. The summed E-state index contributed by atoms with van der Waals surface area (Å²) in [5.74, 6) is -0.409. The molecule has 1 saturated carbocycles. The molecule has 6 heteroatoms. The minimum atomic E-state index is -0.469. The number of carbonyl (C=O) groups excluding carboxylic acids is 3. The second-order valence-electron chi connectivity index (χ2n) is 7.53. The number of amides is 3. The predicted molar refractivity (Wildman–Crippen MR) is 103 cm³/mol. The number of carbonyl (C=O) groups is 3. The normalized spacial score (nSPS) is 20.3. The average Bonchev–Trinajstić information content (AvgIpc) is 3.18. The second kappa shape index (κ2) is 9.53. The fourth-order valence-corrected chi connectivity index (χ4v) is 4.02. The highest BCUT2D eigenvalue weighted by Crippen LogP contribution is 2.19. The van der Waals surface area contributed by atoms with Gasteiger partial charge in [-0.1, -0.05) is 49.6 Å². The van der Waals surface area contributed by atoms with Crippen LogP contribution in [0.25, 0.3) is 0 Å². The molecule has 3 rings (SSSR count). The van der Waals surface area contributed by atoms with Gasteiger partial charge in [-0.05, 0) is 31.2 Å². The van der Waals surface area contributed by atoms with Gasteiger partial charge in [-0.3, -0.25) is 14.4 Å². The summed E-state index contributed by atoms with van der Waals surface area (Å²) in [5, 5.41) is 5.72. The van der Waals surface area contributed by atoms with Crippen LogP contribution in [0.2, 0.25) is 0 Å². The van der Waals surface area contributed by atoms with Gasteiger partial charge in [0.25, 0.3) is 0 Å². The Labute approximate surface area is 160 Å². The zero-order chi connectivity index (χ0) is 19.1. The quantitative estimate of drug-likeness (QED) is 0.800. The van der Waals surface area contributed by atoms with Gasteiger partial charge in [-0.15, -0.1) is 0 Å². The van der Waals surface area contributed by atoms with Crippen molar-refractivity contribution in [2.45, 2.75) is 63.5 Å². The van der Waals surface area contributed by atoms with Crippen molar-refractivity contribution in [1.82, 2.24) is 15.5 Å². The first-order valence-corrected chi connectivity index (χ1v) is 10.0. The van der Waals surface area contributed by atoms with Gasteiger partial charge in [0.1, 0.15) is 6.04 Å². The van der Waals surface area contributed by atoms with Gasteiger partial charge in [0, 0.05) is 12.6 Å². The van der Waals surface area contributed by atoms with E-state index < -0.39 is 6.04 Å². The summed E-state index contributed by atoms with van der Waals surface area (Å²) < 4.78 is 0. The Kier molecular flexibility index (Phi) is 6.85. The van der Waals surface area contributed by atoms with Crippen molar-refractivity contribution < 1.29 is 14.4 Å². The van der Waals surface area contributed by atoms with Gasteiger partial charge >= 0.3 is 0 Å². The van der Waals surface area contributed by atoms with E-state index in [1.807, 2.05) is 30.3 Å². The lowest BCUT2D eigenvalue weighted by Gasteiger charge is -2.25. The van der Waals surface area contributed by atoms with Crippen LogP contribution in [0.15, 0.2) is 30.3 Å². The molecule has 2 N–H and O–H groups in total. The molecule has 1 aliphatic heterocycles. The third-order valence-corrected chi connectivity index (χ3v) is 5.47. The largest absolute Gasteiger partial charge is 0.352 e. The number of hydrogen-bond donors (Lipinski definition) is 2. The van der Waals surface area contributed by atoms with Gasteiger partial charge in [-0.25, -0.2) is 0 Å². The van der Waals surface area contributed by atoms with Gasteiger partial charge in [0.2, 0.25) is 17.7 Å². The maximum Gasteiger partial charge on any atom is 0.243 e. The Bertz CT molecular complexity index is 656. The molecule has 6 nitrogen and oxygen atoms in total. The summed E-state index contributed by atoms with van der Waals surface area (Å²) >= 11 is 0. The molecule has 0 bridgehead atoms. The molecule has 2 aliphatic rings. The first-order valence-electron chi connectivity index (χ1n) is 10.0. The zero-order valence-electron chi connectivity index (χ0n) is 15.8. The first kappa shape index (κ1) is 19.4. The topological polar surface area (TPSA) is 78.5 Å². The number of hydrogen-bond acceptors (Lipinski definition) is 3. The van der Waals surface area contributed by atoms with Gasteiger partial charge in [0.15, 0.2) is 0 Å². The van der Waals surface area contributed by atoms with Crippen molar-refractivity contribution in [3.8, 4) is 0 Å². The summed E-state index contributed by atoms with van der Waals surface area (Å²) in [6, 6.07) is 9.32. The van der Waals surface area contributed by atoms with Crippen molar-refractivity contribution in [3.05, 3.63) is 35.9 Å². The molecule has 1 saturated heterocycles. The van der Waals surface area contributed by atoms with Crippen LogP contribution in [-0.4, -0.2) is 47.8 Å². The minimum absolute atomic E-state index is 0.0213. The number of benzene rings is 1. The van der Waals surface area contributed by atoms with Crippen LogP contribution >= 0.6 is 0 Å². The lowest BCUT2D eigenvalue weighted by atomic mass is 9.95. The molecule has 0 aromatic heterocycles. The number of nitrogens with one attached hydrogen (secondary N) is 2. The van der Waals surface area contributed by atoms with Crippen LogP contribution in [0.1, 0.15) is 50.5 Å². The van der Waals surface area contributed by atoms with E-state index in [2.05, 4.69) is 10.6 Å². The highest BCUT2D eigenvalue weighted by Gasteiger charge is 2.34. The number of likely N-dealkylation sites (tertiary alicyclic amines) is 1. The van der Waals surface area contributed by atoms with E-state index >= 15 is 0 Å². The zero-order valence-corrected chi connectivity index (χ0v) is 15.8. The van der Waals surface area contributed by atoms with Crippen LogP contribution in [-0.2, 0) is 20.8 Å². The summed E-state index contributed by atoms with van der Waals surface area (Å²) in [4.78, 5) is 38.9. The number of rotatable bonds is 6.